The summed E-state index contributed by atoms with van der Waals surface area (Å²) in [5, 5.41) is 11.0. The fourth-order valence-corrected chi connectivity index (χ4v) is 1.90. The van der Waals surface area contributed by atoms with Gasteiger partial charge in [-0.3, -0.25) is 15.5 Å². The minimum Gasteiger partial charge on any atom is -0.484 e. The van der Waals surface area contributed by atoms with E-state index < -0.39 is 28.4 Å². The number of nitro groups is 1. The molecule has 11 heteroatoms. The lowest BCUT2D eigenvalue weighted by atomic mass is 10.2. The summed E-state index contributed by atoms with van der Waals surface area (Å²) in [7, 11) is 1.45. The molecular formula is C16H15F2N3O6. The number of hydrazine groups is 1. The number of carbonyl (C=O) groups excluding carboxylic acids is 1. The minimum atomic E-state index is -1.08. The van der Waals surface area contributed by atoms with Gasteiger partial charge in [0.25, 0.3) is 0 Å². The van der Waals surface area contributed by atoms with Crippen LogP contribution in [0.3, 0.4) is 0 Å². The molecule has 0 aromatic heterocycles. The molecule has 144 valence electrons. The highest BCUT2D eigenvalue weighted by Gasteiger charge is 2.16. The van der Waals surface area contributed by atoms with E-state index in [0.717, 1.165) is 12.1 Å². The summed E-state index contributed by atoms with van der Waals surface area (Å²) in [4.78, 5) is 22.1. The van der Waals surface area contributed by atoms with Gasteiger partial charge in [-0.1, -0.05) is 0 Å². The summed E-state index contributed by atoms with van der Waals surface area (Å²) < 4.78 is 41.0. The van der Waals surface area contributed by atoms with Gasteiger partial charge in [0.2, 0.25) is 0 Å². The van der Waals surface area contributed by atoms with Crippen molar-refractivity contribution >= 4 is 17.5 Å². The van der Waals surface area contributed by atoms with Gasteiger partial charge in [-0.15, -0.1) is 0 Å². The number of benzene rings is 2. The van der Waals surface area contributed by atoms with E-state index in [1.807, 2.05) is 0 Å². The normalized spacial score (nSPS) is 10.2. The second-order valence-electron chi connectivity index (χ2n) is 5.00. The van der Waals surface area contributed by atoms with Crippen molar-refractivity contribution in [1.29, 1.82) is 0 Å². The van der Waals surface area contributed by atoms with E-state index in [1.165, 1.54) is 25.3 Å². The third-order valence-corrected chi connectivity index (χ3v) is 3.11. The SMILES string of the molecule is COCCOc1cc(NNC(=O)Oc2ccc(F)cc2F)ccc1[N+](=O)[O-]. The highest BCUT2D eigenvalue weighted by atomic mass is 19.1. The molecule has 9 nitrogen and oxygen atoms in total. The Morgan fingerprint density at radius 1 is 1.15 bits per heavy atom. The van der Waals surface area contributed by atoms with E-state index in [9.17, 15) is 23.7 Å². The number of halogens is 2. The van der Waals surface area contributed by atoms with E-state index in [0.29, 0.717) is 6.07 Å². The number of methoxy groups -OCH3 is 1. The number of ether oxygens (including phenoxy) is 3. The first-order chi connectivity index (χ1) is 12.9. The zero-order valence-electron chi connectivity index (χ0n) is 14.0. The molecule has 0 aliphatic rings. The molecule has 27 heavy (non-hydrogen) atoms. The number of hydrogen-bond acceptors (Lipinski definition) is 7. The zero-order chi connectivity index (χ0) is 19.8. The van der Waals surface area contributed by atoms with E-state index in [2.05, 4.69) is 15.6 Å². The Balaban J connectivity index is 2.00. The lowest BCUT2D eigenvalue weighted by Gasteiger charge is -2.11. The smallest absolute Gasteiger partial charge is 0.431 e. The van der Waals surface area contributed by atoms with Gasteiger partial charge in [0.05, 0.1) is 17.2 Å². The van der Waals surface area contributed by atoms with Crippen LogP contribution in [-0.4, -0.2) is 31.3 Å². The maximum atomic E-state index is 13.4. The standard InChI is InChI=1S/C16H15F2N3O6/c1-25-6-7-26-15-9-11(3-4-13(15)21(23)24)19-20-16(22)27-14-5-2-10(17)8-12(14)18/h2-5,8-9,19H,6-7H2,1H3,(H,20,22). The number of rotatable bonds is 8. The molecule has 0 atom stereocenters. The molecule has 2 N–H and O–H groups in total. The first-order valence-corrected chi connectivity index (χ1v) is 7.49. The Bertz CT molecular complexity index is 834. The fourth-order valence-electron chi connectivity index (χ4n) is 1.90. The van der Waals surface area contributed by atoms with Crippen molar-refractivity contribution < 1.29 is 32.7 Å². The van der Waals surface area contributed by atoms with Gasteiger partial charge in [-0.05, 0) is 18.2 Å². The Kier molecular flexibility index (Phi) is 6.83. The van der Waals surface area contributed by atoms with Gasteiger partial charge in [0.1, 0.15) is 12.4 Å². The molecule has 1 amide bonds. The average molecular weight is 383 g/mol. The van der Waals surface area contributed by atoms with Crippen molar-refractivity contribution in [2.45, 2.75) is 0 Å². The van der Waals surface area contributed by atoms with E-state index >= 15 is 0 Å². The van der Waals surface area contributed by atoms with Gasteiger partial charge >= 0.3 is 11.8 Å². The molecule has 0 aliphatic heterocycles. The molecule has 2 aromatic carbocycles. The molecule has 2 rings (SSSR count). The molecule has 0 spiro atoms. The minimum absolute atomic E-state index is 0.0400. The van der Waals surface area contributed by atoms with Crippen molar-refractivity contribution in [2.24, 2.45) is 0 Å². The predicted octanol–water partition coefficient (Wildman–Crippen LogP) is 3.01. The second kappa shape index (κ2) is 9.29. The molecule has 0 aliphatic carbocycles. The fraction of sp³-hybridized carbons (Fsp3) is 0.188. The van der Waals surface area contributed by atoms with E-state index in [1.54, 1.807) is 0 Å². The molecule has 0 fully saturated rings. The van der Waals surface area contributed by atoms with Crippen LogP contribution in [0.1, 0.15) is 0 Å². The average Bonchev–Trinajstić information content (AvgIpc) is 2.62. The van der Waals surface area contributed by atoms with Gasteiger partial charge in [0.15, 0.2) is 17.3 Å². The Morgan fingerprint density at radius 3 is 2.59 bits per heavy atom. The van der Waals surface area contributed by atoms with Crippen LogP contribution in [0.5, 0.6) is 11.5 Å². The van der Waals surface area contributed by atoms with Crippen LogP contribution in [0, 0.1) is 21.7 Å². The third-order valence-electron chi connectivity index (χ3n) is 3.11. The number of amides is 1. The second-order valence-corrected chi connectivity index (χ2v) is 5.00. The number of hydrogen-bond donors (Lipinski definition) is 2. The number of nitrogens with zero attached hydrogens (tertiary/aromatic N) is 1. The van der Waals surface area contributed by atoms with Crippen molar-refractivity contribution in [3.05, 3.63) is 58.1 Å². The number of anilines is 1. The van der Waals surface area contributed by atoms with Crippen LogP contribution >= 0.6 is 0 Å². The number of nitrogens with one attached hydrogen (secondary N) is 2. The monoisotopic (exact) mass is 383 g/mol. The molecule has 0 unspecified atom stereocenters. The Morgan fingerprint density at radius 2 is 1.93 bits per heavy atom. The third kappa shape index (κ3) is 5.78. The predicted molar refractivity (Wildman–Crippen MR) is 89.6 cm³/mol. The first kappa shape index (κ1) is 19.8. The number of nitro benzene ring substituents is 1. The maximum absolute atomic E-state index is 13.4. The lowest BCUT2D eigenvalue weighted by molar-refractivity contribution is -0.385. The van der Waals surface area contributed by atoms with E-state index in [-0.39, 0.29) is 30.3 Å². The molecule has 0 radical (unpaired) electrons. The molecule has 0 heterocycles. The van der Waals surface area contributed by atoms with Crippen LogP contribution in [0.2, 0.25) is 0 Å². The van der Waals surface area contributed by atoms with Crippen molar-refractivity contribution in [3.8, 4) is 11.5 Å². The largest absolute Gasteiger partial charge is 0.484 e. The molecule has 2 aromatic rings. The van der Waals surface area contributed by atoms with E-state index in [4.69, 9.17) is 9.47 Å². The van der Waals surface area contributed by atoms with Crippen molar-refractivity contribution in [2.75, 3.05) is 25.7 Å². The highest BCUT2D eigenvalue weighted by molar-refractivity contribution is 5.72. The first-order valence-electron chi connectivity index (χ1n) is 7.49. The summed E-state index contributed by atoms with van der Waals surface area (Å²) in [5.41, 5.74) is 4.52. The summed E-state index contributed by atoms with van der Waals surface area (Å²) in [6.45, 7) is 0.308. The van der Waals surface area contributed by atoms with Gasteiger partial charge in [-0.25, -0.2) is 19.0 Å². The molecule has 0 saturated carbocycles. The van der Waals surface area contributed by atoms with Crippen LogP contribution in [0.15, 0.2) is 36.4 Å². The van der Waals surface area contributed by atoms with Gasteiger partial charge in [-0.2, -0.15) is 0 Å². The van der Waals surface area contributed by atoms with Crippen LogP contribution in [0.25, 0.3) is 0 Å². The zero-order valence-corrected chi connectivity index (χ0v) is 14.0. The van der Waals surface area contributed by atoms with Gasteiger partial charge in [0, 0.05) is 25.3 Å². The Labute approximate surface area is 152 Å². The summed E-state index contributed by atoms with van der Waals surface area (Å²) in [6, 6.07) is 6.23. The summed E-state index contributed by atoms with van der Waals surface area (Å²) in [5.74, 6) is -2.37. The molecule has 0 bridgehead atoms. The molecule has 0 saturated heterocycles. The van der Waals surface area contributed by atoms with Crippen molar-refractivity contribution in [3.63, 3.8) is 0 Å². The highest BCUT2D eigenvalue weighted by Crippen LogP contribution is 2.29. The van der Waals surface area contributed by atoms with Crippen molar-refractivity contribution in [1.82, 2.24) is 5.43 Å². The quantitative estimate of drug-likeness (QED) is 0.409. The summed E-state index contributed by atoms with van der Waals surface area (Å²) in [6.07, 6.45) is -1.08. The molecular weight excluding hydrogens is 368 g/mol. The van der Waals surface area contributed by atoms with Crippen LogP contribution in [-0.2, 0) is 4.74 Å². The lowest BCUT2D eigenvalue weighted by Crippen LogP contribution is -2.32. The van der Waals surface area contributed by atoms with Crippen LogP contribution in [0.4, 0.5) is 25.0 Å². The van der Waals surface area contributed by atoms with Crippen LogP contribution < -0.4 is 20.3 Å². The Hall–Kier alpha value is -3.47. The van der Waals surface area contributed by atoms with Gasteiger partial charge < -0.3 is 14.2 Å². The topological polar surface area (TPSA) is 112 Å². The summed E-state index contributed by atoms with van der Waals surface area (Å²) >= 11 is 0. The maximum Gasteiger partial charge on any atom is 0.431 e. The number of carbonyl (C=O) groups is 1.